The molecule has 1 heterocycles. The number of halogens is 1. The summed E-state index contributed by atoms with van der Waals surface area (Å²) in [4.78, 5) is 4.56. The van der Waals surface area contributed by atoms with E-state index in [9.17, 15) is 10.2 Å². The molecule has 1 aliphatic heterocycles. The van der Waals surface area contributed by atoms with E-state index < -0.39 is 6.10 Å². The Hall–Kier alpha value is -0.650. The zero-order chi connectivity index (χ0) is 15.4. The molecular formula is C16H25ClN2O2. The van der Waals surface area contributed by atoms with Gasteiger partial charge in [-0.2, -0.15) is 0 Å². The Morgan fingerprint density at radius 2 is 1.95 bits per heavy atom. The largest absolute Gasteiger partial charge is 0.392 e. The zero-order valence-electron chi connectivity index (χ0n) is 12.7. The van der Waals surface area contributed by atoms with Crippen molar-refractivity contribution in [3.8, 4) is 0 Å². The molecule has 0 spiro atoms. The van der Waals surface area contributed by atoms with E-state index in [1.165, 1.54) is 0 Å². The lowest BCUT2D eigenvalue weighted by Gasteiger charge is -2.41. The van der Waals surface area contributed by atoms with E-state index in [1.807, 2.05) is 31.2 Å². The number of piperazine rings is 1. The summed E-state index contributed by atoms with van der Waals surface area (Å²) in [6, 6.07) is 7.83. The van der Waals surface area contributed by atoms with Crippen LogP contribution in [0.3, 0.4) is 0 Å². The Bertz CT molecular complexity index is 456. The van der Waals surface area contributed by atoms with Gasteiger partial charge in [0.25, 0.3) is 0 Å². The van der Waals surface area contributed by atoms with Crippen LogP contribution in [-0.2, 0) is 0 Å². The average molecular weight is 313 g/mol. The minimum Gasteiger partial charge on any atom is -0.392 e. The number of benzene rings is 1. The lowest BCUT2D eigenvalue weighted by atomic mass is 10.1. The Kier molecular flexibility index (Phi) is 6.02. The van der Waals surface area contributed by atoms with Crippen molar-refractivity contribution in [2.24, 2.45) is 0 Å². The predicted molar refractivity (Wildman–Crippen MR) is 85.6 cm³/mol. The third-order valence-corrected chi connectivity index (χ3v) is 4.39. The SMILES string of the molecule is C[C@H](O)CN1CCN(C[C@@H](O)c2ccccc2Cl)C[C@H]1C. The van der Waals surface area contributed by atoms with Gasteiger partial charge in [0, 0.05) is 49.4 Å². The number of aliphatic hydroxyl groups is 2. The fourth-order valence-electron chi connectivity index (χ4n) is 2.94. The van der Waals surface area contributed by atoms with Crippen LogP contribution in [0.25, 0.3) is 0 Å². The molecule has 118 valence electrons. The monoisotopic (exact) mass is 312 g/mol. The van der Waals surface area contributed by atoms with Crippen LogP contribution in [0, 0.1) is 0 Å². The van der Waals surface area contributed by atoms with E-state index >= 15 is 0 Å². The number of β-amino-alcohol motifs (C(OH)–C–C–N with tert-alkyl or cyclic N) is 2. The standard InChI is InChI=1S/C16H25ClN2O2/c1-12-9-18(7-8-19(12)10-13(2)20)11-16(21)14-5-3-4-6-15(14)17/h3-6,12-13,16,20-21H,7-11H2,1-2H3/t12-,13+,16-/m1/s1. The molecule has 0 bridgehead atoms. The fourth-order valence-corrected chi connectivity index (χ4v) is 3.20. The van der Waals surface area contributed by atoms with Gasteiger partial charge in [-0.3, -0.25) is 9.80 Å². The number of nitrogens with zero attached hydrogens (tertiary/aromatic N) is 2. The summed E-state index contributed by atoms with van der Waals surface area (Å²) in [6.45, 7) is 8.00. The molecule has 0 aliphatic carbocycles. The van der Waals surface area contributed by atoms with Crippen LogP contribution in [0.15, 0.2) is 24.3 Å². The summed E-state index contributed by atoms with van der Waals surface area (Å²) < 4.78 is 0. The highest BCUT2D eigenvalue weighted by molar-refractivity contribution is 6.31. The Labute approximate surface area is 131 Å². The highest BCUT2D eigenvalue weighted by Crippen LogP contribution is 2.24. The molecule has 1 aromatic carbocycles. The second-order valence-corrected chi connectivity index (χ2v) is 6.40. The van der Waals surface area contributed by atoms with Gasteiger partial charge in [-0.1, -0.05) is 29.8 Å². The molecule has 1 aromatic rings. The molecule has 1 saturated heterocycles. The highest BCUT2D eigenvalue weighted by atomic mass is 35.5. The molecule has 0 unspecified atom stereocenters. The van der Waals surface area contributed by atoms with Crippen molar-refractivity contribution in [1.82, 2.24) is 9.80 Å². The smallest absolute Gasteiger partial charge is 0.0931 e. The third kappa shape index (κ3) is 4.66. The second kappa shape index (κ2) is 7.56. The number of hydrogen-bond acceptors (Lipinski definition) is 4. The normalized spacial score (nSPS) is 24.0. The summed E-state index contributed by atoms with van der Waals surface area (Å²) in [7, 11) is 0. The van der Waals surface area contributed by atoms with Gasteiger partial charge in [-0.05, 0) is 19.9 Å². The third-order valence-electron chi connectivity index (χ3n) is 4.04. The molecule has 21 heavy (non-hydrogen) atoms. The van der Waals surface area contributed by atoms with E-state index in [0.717, 1.165) is 25.2 Å². The van der Waals surface area contributed by atoms with Gasteiger partial charge in [-0.15, -0.1) is 0 Å². The van der Waals surface area contributed by atoms with E-state index in [4.69, 9.17) is 11.6 Å². The van der Waals surface area contributed by atoms with Crippen LogP contribution in [0.2, 0.25) is 5.02 Å². The van der Waals surface area contributed by atoms with Crippen LogP contribution in [0.1, 0.15) is 25.5 Å². The fraction of sp³-hybridized carbons (Fsp3) is 0.625. The molecule has 0 saturated carbocycles. The van der Waals surface area contributed by atoms with Crippen LogP contribution >= 0.6 is 11.6 Å². The van der Waals surface area contributed by atoms with Crippen molar-refractivity contribution in [3.05, 3.63) is 34.9 Å². The first-order chi connectivity index (χ1) is 9.97. The highest BCUT2D eigenvalue weighted by Gasteiger charge is 2.26. The Balaban J connectivity index is 1.89. The van der Waals surface area contributed by atoms with E-state index in [1.54, 1.807) is 0 Å². The summed E-state index contributed by atoms with van der Waals surface area (Å²) in [5.74, 6) is 0. The summed E-state index contributed by atoms with van der Waals surface area (Å²) >= 11 is 6.13. The molecule has 0 amide bonds. The summed E-state index contributed by atoms with van der Waals surface area (Å²) in [6.07, 6.45) is -0.859. The topological polar surface area (TPSA) is 46.9 Å². The molecule has 5 heteroatoms. The van der Waals surface area contributed by atoms with E-state index in [2.05, 4.69) is 16.7 Å². The van der Waals surface area contributed by atoms with Gasteiger partial charge >= 0.3 is 0 Å². The van der Waals surface area contributed by atoms with Gasteiger partial charge in [-0.25, -0.2) is 0 Å². The van der Waals surface area contributed by atoms with Crippen molar-refractivity contribution in [1.29, 1.82) is 0 Å². The van der Waals surface area contributed by atoms with Crippen LogP contribution in [-0.4, -0.2) is 64.9 Å². The summed E-state index contributed by atoms with van der Waals surface area (Å²) in [5.41, 5.74) is 0.790. The van der Waals surface area contributed by atoms with E-state index in [0.29, 0.717) is 24.2 Å². The van der Waals surface area contributed by atoms with Gasteiger partial charge in [0.15, 0.2) is 0 Å². The first-order valence-corrected chi connectivity index (χ1v) is 7.92. The van der Waals surface area contributed by atoms with Crippen molar-refractivity contribution >= 4 is 11.6 Å². The second-order valence-electron chi connectivity index (χ2n) is 5.99. The molecule has 1 fully saturated rings. The lowest BCUT2D eigenvalue weighted by molar-refractivity contribution is 0.0240. The maximum Gasteiger partial charge on any atom is 0.0931 e. The Morgan fingerprint density at radius 3 is 2.57 bits per heavy atom. The van der Waals surface area contributed by atoms with Crippen molar-refractivity contribution in [2.75, 3.05) is 32.7 Å². The molecule has 2 N–H and O–H groups in total. The van der Waals surface area contributed by atoms with Crippen molar-refractivity contribution in [3.63, 3.8) is 0 Å². The first-order valence-electron chi connectivity index (χ1n) is 7.54. The summed E-state index contributed by atoms with van der Waals surface area (Å²) in [5, 5.41) is 20.5. The van der Waals surface area contributed by atoms with E-state index in [-0.39, 0.29) is 6.10 Å². The van der Waals surface area contributed by atoms with Gasteiger partial charge in [0.2, 0.25) is 0 Å². The average Bonchev–Trinajstić information content (AvgIpc) is 2.42. The molecule has 3 atom stereocenters. The molecule has 1 aliphatic rings. The van der Waals surface area contributed by atoms with Crippen LogP contribution in [0.5, 0.6) is 0 Å². The molecule has 0 aromatic heterocycles. The number of hydrogen-bond donors (Lipinski definition) is 2. The van der Waals surface area contributed by atoms with Crippen LogP contribution in [0.4, 0.5) is 0 Å². The first kappa shape index (κ1) is 16.7. The molecule has 4 nitrogen and oxygen atoms in total. The number of rotatable bonds is 5. The Morgan fingerprint density at radius 1 is 1.24 bits per heavy atom. The maximum atomic E-state index is 10.4. The minimum atomic E-state index is -0.561. The molecular weight excluding hydrogens is 288 g/mol. The van der Waals surface area contributed by atoms with Gasteiger partial charge < -0.3 is 10.2 Å². The molecule has 0 radical (unpaired) electrons. The predicted octanol–water partition coefficient (Wildman–Crippen LogP) is 1.76. The van der Waals surface area contributed by atoms with Gasteiger partial charge in [0.1, 0.15) is 0 Å². The minimum absolute atomic E-state index is 0.298. The zero-order valence-corrected chi connectivity index (χ0v) is 13.5. The van der Waals surface area contributed by atoms with Gasteiger partial charge in [0.05, 0.1) is 12.2 Å². The lowest BCUT2D eigenvalue weighted by Crippen LogP contribution is -2.54. The maximum absolute atomic E-state index is 10.4. The van der Waals surface area contributed by atoms with Crippen molar-refractivity contribution < 1.29 is 10.2 Å². The number of aliphatic hydroxyl groups excluding tert-OH is 2. The quantitative estimate of drug-likeness (QED) is 0.870. The van der Waals surface area contributed by atoms with Crippen molar-refractivity contribution in [2.45, 2.75) is 32.1 Å². The molecule has 2 rings (SSSR count). The van der Waals surface area contributed by atoms with Crippen LogP contribution < -0.4 is 0 Å².